The van der Waals surface area contributed by atoms with E-state index in [2.05, 4.69) is 47.9 Å². The van der Waals surface area contributed by atoms with Crippen LogP contribution in [-0.4, -0.2) is 17.0 Å². The summed E-state index contributed by atoms with van der Waals surface area (Å²) in [4.78, 5) is 2.76. The fourth-order valence-electron chi connectivity index (χ4n) is 4.25. The Labute approximate surface area is 142 Å². The molecule has 0 N–H and O–H groups in total. The molecule has 0 aliphatic carbocycles. The van der Waals surface area contributed by atoms with Gasteiger partial charge in [0.15, 0.2) is 0 Å². The summed E-state index contributed by atoms with van der Waals surface area (Å²) in [6.07, 6.45) is 16.6. The molecule has 124 valence electrons. The van der Waals surface area contributed by atoms with Crippen LogP contribution in [0.1, 0.15) is 63.4 Å². The summed E-state index contributed by atoms with van der Waals surface area (Å²) in [5.41, 5.74) is 3.20. The van der Waals surface area contributed by atoms with Gasteiger partial charge in [-0.05, 0) is 50.5 Å². The lowest BCUT2D eigenvalue weighted by atomic mass is 9.83. The van der Waals surface area contributed by atoms with Crippen molar-refractivity contribution in [1.82, 2.24) is 4.90 Å². The Morgan fingerprint density at radius 2 is 1.96 bits per heavy atom. The highest BCUT2D eigenvalue weighted by Crippen LogP contribution is 2.35. The van der Waals surface area contributed by atoms with Gasteiger partial charge in [0.2, 0.25) is 0 Å². The molecule has 2 bridgehead atoms. The zero-order valence-electron chi connectivity index (χ0n) is 14.4. The minimum atomic E-state index is 0.686. The number of piperidine rings is 1. The number of benzene rings is 1. The zero-order valence-corrected chi connectivity index (χ0v) is 14.4. The van der Waals surface area contributed by atoms with Crippen molar-refractivity contribution >= 4 is 0 Å². The van der Waals surface area contributed by atoms with E-state index >= 15 is 0 Å². The molecule has 23 heavy (non-hydrogen) atoms. The van der Waals surface area contributed by atoms with Gasteiger partial charge < -0.3 is 0 Å². The second-order valence-corrected chi connectivity index (χ2v) is 7.23. The van der Waals surface area contributed by atoms with E-state index in [4.69, 9.17) is 0 Å². The predicted octanol–water partition coefficient (Wildman–Crippen LogP) is 5.88. The molecule has 1 heteroatoms. The standard InChI is InChI=1S/C22H31N/c1-2-3-4-5-7-13-20-16-21-14-10-15-22(17-20)23(21)18-19-11-8-6-9-12-19/h2,6,8-9,11-12,16,21-22H,1,3-5,7,10,13-15,17-18H2. The molecule has 1 fully saturated rings. The number of allylic oxidation sites excluding steroid dienone is 1. The second kappa shape index (κ2) is 8.49. The van der Waals surface area contributed by atoms with Crippen LogP contribution in [0.5, 0.6) is 0 Å². The molecular formula is C22H31N. The zero-order chi connectivity index (χ0) is 15.9. The summed E-state index contributed by atoms with van der Waals surface area (Å²) in [6.45, 7) is 4.94. The van der Waals surface area contributed by atoms with Crippen LogP contribution >= 0.6 is 0 Å². The summed E-state index contributed by atoms with van der Waals surface area (Å²) in [7, 11) is 0. The van der Waals surface area contributed by atoms with Crippen LogP contribution in [0.25, 0.3) is 0 Å². The van der Waals surface area contributed by atoms with Crippen molar-refractivity contribution in [1.29, 1.82) is 0 Å². The van der Waals surface area contributed by atoms with Gasteiger partial charge in [0.05, 0.1) is 0 Å². The highest BCUT2D eigenvalue weighted by molar-refractivity contribution is 5.20. The smallest absolute Gasteiger partial charge is 0.0287 e. The lowest BCUT2D eigenvalue weighted by Gasteiger charge is -2.45. The van der Waals surface area contributed by atoms with Crippen LogP contribution in [0, 0.1) is 0 Å². The Morgan fingerprint density at radius 1 is 1.09 bits per heavy atom. The van der Waals surface area contributed by atoms with E-state index in [-0.39, 0.29) is 0 Å². The number of unbranched alkanes of at least 4 members (excludes halogenated alkanes) is 3. The first-order valence-corrected chi connectivity index (χ1v) is 9.47. The first kappa shape index (κ1) is 16.5. The predicted molar refractivity (Wildman–Crippen MR) is 99.4 cm³/mol. The van der Waals surface area contributed by atoms with Crippen LogP contribution in [-0.2, 0) is 6.54 Å². The van der Waals surface area contributed by atoms with E-state index in [0.717, 1.165) is 12.6 Å². The van der Waals surface area contributed by atoms with Gasteiger partial charge in [-0.15, -0.1) is 6.58 Å². The topological polar surface area (TPSA) is 3.24 Å². The SMILES string of the molecule is C=CCCCCCC1=CC2CCCC(C1)N2Cc1ccccc1. The van der Waals surface area contributed by atoms with Gasteiger partial charge in [-0.3, -0.25) is 4.90 Å². The summed E-state index contributed by atoms with van der Waals surface area (Å²) in [6, 6.07) is 12.5. The van der Waals surface area contributed by atoms with E-state index in [1.165, 1.54) is 63.4 Å². The molecule has 0 saturated carbocycles. The van der Waals surface area contributed by atoms with Crippen molar-refractivity contribution < 1.29 is 0 Å². The number of nitrogens with zero attached hydrogens (tertiary/aromatic N) is 1. The quantitative estimate of drug-likeness (QED) is 0.428. The minimum Gasteiger partial charge on any atom is -0.289 e. The maximum Gasteiger partial charge on any atom is 0.0287 e. The maximum atomic E-state index is 3.81. The fraction of sp³-hybridized carbons (Fsp3) is 0.545. The molecule has 1 aromatic rings. The molecule has 0 spiro atoms. The van der Waals surface area contributed by atoms with Gasteiger partial charge in [-0.1, -0.05) is 60.9 Å². The van der Waals surface area contributed by atoms with Crippen molar-refractivity contribution in [3.63, 3.8) is 0 Å². The van der Waals surface area contributed by atoms with Gasteiger partial charge in [0.1, 0.15) is 0 Å². The van der Waals surface area contributed by atoms with Crippen molar-refractivity contribution in [2.24, 2.45) is 0 Å². The third-order valence-corrected chi connectivity index (χ3v) is 5.47. The highest BCUT2D eigenvalue weighted by atomic mass is 15.2. The average Bonchev–Trinajstić information content (AvgIpc) is 2.56. The molecule has 1 nitrogen and oxygen atoms in total. The Bertz CT molecular complexity index is 516. The van der Waals surface area contributed by atoms with E-state index in [1.807, 2.05) is 6.08 Å². The van der Waals surface area contributed by atoms with Crippen LogP contribution in [0.15, 0.2) is 54.6 Å². The van der Waals surface area contributed by atoms with Crippen molar-refractivity contribution in [2.45, 2.75) is 76.4 Å². The number of fused-ring (bicyclic) bond motifs is 2. The Kier molecular flexibility index (Phi) is 6.10. The summed E-state index contributed by atoms with van der Waals surface area (Å²) in [5, 5.41) is 0. The van der Waals surface area contributed by atoms with Gasteiger partial charge in [0.25, 0.3) is 0 Å². The molecular weight excluding hydrogens is 278 g/mol. The molecule has 2 aliphatic heterocycles. The van der Waals surface area contributed by atoms with E-state index in [1.54, 1.807) is 5.57 Å². The number of rotatable bonds is 8. The number of hydrogen-bond donors (Lipinski definition) is 0. The highest BCUT2D eigenvalue weighted by Gasteiger charge is 2.33. The molecule has 2 aliphatic rings. The van der Waals surface area contributed by atoms with Crippen molar-refractivity contribution in [3.8, 4) is 0 Å². The summed E-state index contributed by atoms with van der Waals surface area (Å²) < 4.78 is 0. The molecule has 2 unspecified atom stereocenters. The molecule has 3 rings (SSSR count). The lowest BCUT2D eigenvalue weighted by Crippen LogP contribution is -2.47. The third-order valence-electron chi connectivity index (χ3n) is 5.47. The lowest BCUT2D eigenvalue weighted by molar-refractivity contribution is 0.0876. The molecule has 0 amide bonds. The fourth-order valence-corrected chi connectivity index (χ4v) is 4.25. The maximum absolute atomic E-state index is 3.81. The van der Waals surface area contributed by atoms with Crippen LogP contribution in [0.3, 0.4) is 0 Å². The second-order valence-electron chi connectivity index (χ2n) is 7.23. The van der Waals surface area contributed by atoms with E-state index in [0.29, 0.717) is 6.04 Å². The minimum absolute atomic E-state index is 0.686. The van der Waals surface area contributed by atoms with Crippen molar-refractivity contribution in [2.75, 3.05) is 0 Å². The molecule has 0 radical (unpaired) electrons. The van der Waals surface area contributed by atoms with Gasteiger partial charge in [-0.2, -0.15) is 0 Å². The average molecular weight is 309 g/mol. The van der Waals surface area contributed by atoms with Crippen LogP contribution < -0.4 is 0 Å². The largest absolute Gasteiger partial charge is 0.289 e. The van der Waals surface area contributed by atoms with Gasteiger partial charge in [-0.25, -0.2) is 0 Å². The first-order valence-electron chi connectivity index (χ1n) is 9.47. The van der Waals surface area contributed by atoms with Gasteiger partial charge >= 0.3 is 0 Å². The summed E-state index contributed by atoms with van der Waals surface area (Å²) in [5.74, 6) is 0. The molecule has 2 heterocycles. The number of hydrogen-bond acceptors (Lipinski definition) is 1. The molecule has 1 aromatic carbocycles. The molecule has 2 atom stereocenters. The molecule has 1 saturated heterocycles. The van der Waals surface area contributed by atoms with Crippen LogP contribution in [0.4, 0.5) is 0 Å². The molecule has 0 aromatic heterocycles. The van der Waals surface area contributed by atoms with Crippen LogP contribution in [0.2, 0.25) is 0 Å². The first-order chi connectivity index (χ1) is 11.4. The Hall–Kier alpha value is -1.34. The Balaban J connectivity index is 1.57. The van der Waals surface area contributed by atoms with Gasteiger partial charge in [0, 0.05) is 18.6 Å². The Morgan fingerprint density at radius 3 is 2.74 bits per heavy atom. The van der Waals surface area contributed by atoms with E-state index in [9.17, 15) is 0 Å². The van der Waals surface area contributed by atoms with E-state index < -0.39 is 0 Å². The normalized spacial score (nSPS) is 24.3. The summed E-state index contributed by atoms with van der Waals surface area (Å²) >= 11 is 0. The monoisotopic (exact) mass is 309 g/mol. The van der Waals surface area contributed by atoms with Crippen molar-refractivity contribution in [3.05, 3.63) is 60.2 Å². The third kappa shape index (κ3) is 4.57.